The van der Waals surface area contributed by atoms with Gasteiger partial charge in [0.05, 0.1) is 0 Å². The van der Waals surface area contributed by atoms with Crippen molar-refractivity contribution in [2.24, 2.45) is 5.41 Å². The molecule has 0 aliphatic carbocycles. The van der Waals surface area contributed by atoms with Gasteiger partial charge in [0, 0.05) is 30.1 Å². The van der Waals surface area contributed by atoms with Crippen LogP contribution in [0, 0.1) is 5.41 Å². The number of nitrogens with one attached hydrogen (secondary N) is 1. The van der Waals surface area contributed by atoms with Crippen molar-refractivity contribution in [3.05, 3.63) is 34.9 Å². The molecule has 0 unspecified atom stereocenters. The lowest BCUT2D eigenvalue weighted by Crippen LogP contribution is -2.43. The van der Waals surface area contributed by atoms with Crippen molar-refractivity contribution in [3.8, 4) is 0 Å². The van der Waals surface area contributed by atoms with E-state index >= 15 is 0 Å². The standard InChI is InChI=1S/C18H24ClF3N2O2/c1-17(2,3)11-24(12-18(20,21)22)15(25)5-4-10-23-16(26)13-6-8-14(19)9-7-13/h6-9H,4-5,10-12H2,1-3H3,(H,23,26). The first-order valence-electron chi connectivity index (χ1n) is 8.26. The first-order chi connectivity index (χ1) is 11.9. The van der Waals surface area contributed by atoms with Crippen molar-refractivity contribution >= 4 is 23.4 Å². The van der Waals surface area contributed by atoms with Crippen LogP contribution in [0.4, 0.5) is 13.2 Å². The van der Waals surface area contributed by atoms with Crippen molar-refractivity contribution in [2.45, 2.75) is 39.8 Å². The zero-order valence-electron chi connectivity index (χ0n) is 15.1. The Balaban J connectivity index is 2.48. The highest BCUT2D eigenvalue weighted by Gasteiger charge is 2.34. The Labute approximate surface area is 156 Å². The first-order valence-corrected chi connectivity index (χ1v) is 8.63. The van der Waals surface area contributed by atoms with E-state index in [4.69, 9.17) is 11.6 Å². The number of nitrogens with zero attached hydrogens (tertiary/aromatic N) is 1. The first kappa shape index (κ1) is 22.3. The third-order valence-electron chi connectivity index (χ3n) is 3.35. The highest BCUT2D eigenvalue weighted by Crippen LogP contribution is 2.22. The van der Waals surface area contributed by atoms with Crippen molar-refractivity contribution in [1.82, 2.24) is 10.2 Å². The Bertz CT molecular complexity index is 594. The number of carbonyl (C=O) groups is 2. The normalized spacial score (nSPS) is 12.0. The minimum absolute atomic E-state index is 0.0163. The van der Waals surface area contributed by atoms with Crippen LogP contribution >= 0.6 is 11.6 Å². The number of halogens is 4. The van der Waals surface area contributed by atoms with Gasteiger partial charge in [-0.2, -0.15) is 13.2 Å². The van der Waals surface area contributed by atoms with Gasteiger partial charge in [-0.25, -0.2) is 0 Å². The third-order valence-corrected chi connectivity index (χ3v) is 3.60. The minimum Gasteiger partial charge on any atom is -0.352 e. The van der Waals surface area contributed by atoms with Crippen LogP contribution in [0.1, 0.15) is 44.0 Å². The fraction of sp³-hybridized carbons (Fsp3) is 0.556. The molecule has 0 bridgehead atoms. The maximum absolute atomic E-state index is 12.7. The zero-order chi connectivity index (χ0) is 20.0. The summed E-state index contributed by atoms with van der Waals surface area (Å²) < 4.78 is 38.1. The lowest BCUT2D eigenvalue weighted by molar-refractivity contribution is -0.163. The molecular formula is C18H24ClF3N2O2. The molecule has 1 N–H and O–H groups in total. The van der Waals surface area contributed by atoms with Gasteiger partial charge in [-0.3, -0.25) is 9.59 Å². The Kier molecular flexibility index (Phi) is 7.93. The molecule has 0 spiro atoms. The molecule has 146 valence electrons. The maximum atomic E-state index is 12.7. The van der Waals surface area contributed by atoms with E-state index < -0.39 is 24.0 Å². The smallest absolute Gasteiger partial charge is 0.352 e. The predicted molar refractivity (Wildman–Crippen MR) is 95.1 cm³/mol. The molecule has 0 heterocycles. The minimum atomic E-state index is -4.44. The van der Waals surface area contributed by atoms with Gasteiger partial charge in [-0.15, -0.1) is 0 Å². The predicted octanol–water partition coefficient (Wildman–Crippen LogP) is 4.29. The number of benzene rings is 1. The molecule has 1 aromatic carbocycles. The third kappa shape index (κ3) is 9.08. The number of alkyl halides is 3. The van der Waals surface area contributed by atoms with E-state index in [2.05, 4.69) is 5.32 Å². The van der Waals surface area contributed by atoms with E-state index in [0.717, 1.165) is 4.90 Å². The number of carbonyl (C=O) groups excluding carboxylic acids is 2. The van der Waals surface area contributed by atoms with E-state index in [0.29, 0.717) is 10.6 Å². The summed E-state index contributed by atoms with van der Waals surface area (Å²) in [7, 11) is 0. The molecule has 4 nitrogen and oxygen atoms in total. The van der Waals surface area contributed by atoms with Gasteiger partial charge >= 0.3 is 6.18 Å². The summed E-state index contributed by atoms with van der Waals surface area (Å²) in [5.41, 5.74) is -0.0175. The fourth-order valence-electron chi connectivity index (χ4n) is 2.32. The van der Waals surface area contributed by atoms with Gasteiger partial charge in [-0.1, -0.05) is 32.4 Å². The van der Waals surface area contributed by atoms with Crippen molar-refractivity contribution in [3.63, 3.8) is 0 Å². The van der Waals surface area contributed by atoms with Crippen LogP contribution in [-0.4, -0.2) is 42.5 Å². The Morgan fingerprint density at radius 1 is 1.08 bits per heavy atom. The van der Waals surface area contributed by atoms with Crippen LogP contribution in [0.15, 0.2) is 24.3 Å². The van der Waals surface area contributed by atoms with Crippen LogP contribution in [0.3, 0.4) is 0 Å². The van der Waals surface area contributed by atoms with Crippen LogP contribution in [0.5, 0.6) is 0 Å². The largest absolute Gasteiger partial charge is 0.406 e. The van der Waals surface area contributed by atoms with Crippen LogP contribution in [-0.2, 0) is 4.79 Å². The highest BCUT2D eigenvalue weighted by molar-refractivity contribution is 6.30. The molecule has 0 radical (unpaired) electrons. The quantitative estimate of drug-likeness (QED) is 0.704. The summed E-state index contributed by atoms with van der Waals surface area (Å²) in [5.74, 6) is -0.894. The second-order valence-electron chi connectivity index (χ2n) is 7.29. The van der Waals surface area contributed by atoms with Gasteiger partial charge < -0.3 is 10.2 Å². The summed E-state index contributed by atoms with van der Waals surface area (Å²) in [6.45, 7) is 4.27. The van der Waals surface area contributed by atoms with Gasteiger partial charge in [0.25, 0.3) is 5.91 Å². The molecule has 1 rings (SSSR count). The molecule has 0 saturated carbocycles. The van der Waals surface area contributed by atoms with E-state index in [1.54, 1.807) is 45.0 Å². The Morgan fingerprint density at radius 3 is 2.15 bits per heavy atom. The number of rotatable bonds is 7. The molecule has 0 atom stereocenters. The second-order valence-corrected chi connectivity index (χ2v) is 7.73. The molecule has 1 aromatic rings. The van der Waals surface area contributed by atoms with Crippen molar-refractivity contribution < 1.29 is 22.8 Å². The lowest BCUT2D eigenvalue weighted by atomic mass is 9.96. The zero-order valence-corrected chi connectivity index (χ0v) is 15.9. The molecule has 2 amide bonds. The Morgan fingerprint density at radius 2 is 1.65 bits per heavy atom. The molecule has 0 saturated heterocycles. The second kappa shape index (κ2) is 9.26. The molecule has 26 heavy (non-hydrogen) atoms. The van der Waals surface area contributed by atoms with Gasteiger partial charge in [0.15, 0.2) is 0 Å². The fourth-order valence-corrected chi connectivity index (χ4v) is 2.45. The lowest BCUT2D eigenvalue weighted by Gasteiger charge is -2.30. The summed E-state index contributed by atoms with van der Waals surface area (Å²) in [6, 6.07) is 6.30. The average molecular weight is 393 g/mol. The highest BCUT2D eigenvalue weighted by atomic mass is 35.5. The molecule has 0 fully saturated rings. The van der Waals surface area contributed by atoms with Crippen molar-refractivity contribution in [1.29, 1.82) is 0 Å². The average Bonchev–Trinajstić information content (AvgIpc) is 2.48. The molecule has 8 heteroatoms. The van der Waals surface area contributed by atoms with Crippen molar-refractivity contribution in [2.75, 3.05) is 19.6 Å². The summed E-state index contributed by atoms with van der Waals surface area (Å²) >= 11 is 5.75. The molecule has 0 aliphatic rings. The van der Waals surface area contributed by atoms with Crippen LogP contribution in [0.2, 0.25) is 5.02 Å². The SMILES string of the molecule is CC(C)(C)CN(CC(F)(F)F)C(=O)CCCNC(=O)c1ccc(Cl)cc1. The number of amides is 2. The van der Waals surface area contributed by atoms with E-state index in [1.165, 1.54) is 0 Å². The Hall–Kier alpha value is -1.76. The van der Waals surface area contributed by atoms with Crippen LogP contribution < -0.4 is 5.32 Å². The van der Waals surface area contributed by atoms with E-state index in [9.17, 15) is 22.8 Å². The van der Waals surface area contributed by atoms with E-state index in [-0.39, 0.29) is 31.8 Å². The summed E-state index contributed by atoms with van der Waals surface area (Å²) in [4.78, 5) is 24.9. The van der Waals surface area contributed by atoms with E-state index in [1.807, 2.05) is 0 Å². The molecule has 0 aromatic heterocycles. The molecule has 0 aliphatic heterocycles. The number of hydrogen-bond acceptors (Lipinski definition) is 2. The summed E-state index contributed by atoms with van der Waals surface area (Å²) in [6.07, 6.45) is -4.24. The van der Waals surface area contributed by atoms with Gasteiger partial charge in [0.1, 0.15) is 6.54 Å². The van der Waals surface area contributed by atoms with Crippen LogP contribution in [0.25, 0.3) is 0 Å². The maximum Gasteiger partial charge on any atom is 0.406 e. The molecular weight excluding hydrogens is 369 g/mol. The van der Waals surface area contributed by atoms with Gasteiger partial charge in [-0.05, 0) is 36.1 Å². The van der Waals surface area contributed by atoms with Gasteiger partial charge in [0.2, 0.25) is 5.91 Å². The number of hydrogen-bond donors (Lipinski definition) is 1. The summed E-state index contributed by atoms with van der Waals surface area (Å²) in [5, 5.41) is 3.14. The monoisotopic (exact) mass is 392 g/mol. The topological polar surface area (TPSA) is 49.4 Å².